The van der Waals surface area contributed by atoms with Gasteiger partial charge in [0.2, 0.25) is 0 Å². The molecule has 2 aromatic heterocycles. The van der Waals surface area contributed by atoms with Gasteiger partial charge in [-0.3, -0.25) is 9.59 Å². The summed E-state index contributed by atoms with van der Waals surface area (Å²) in [7, 11) is 1.51. The number of ether oxygens (including phenoxy) is 1. The summed E-state index contributed by atoms with van der Waals surface area (Å²) in [6.07, 6.45) is 4.20. The second-order valence-electron chi connectivity index (χ2n) is 7.02. The van der Waals surface area contributed by atoms with Crippen molar-refractivity contribution in [2.75, 3.05) is 20.2 Å². The number of fused-ring (bicyclic) bond motifs is 1. The van der Waals surface area contributed by atoms with Crippen molar-refractivity contribution < 1.29 is 14.3 Å². The first kappa shape index (κ1) is 19.4. The van der Waals surface area contributed by atoms with Crippen LogP contribution in [-0.2, 0) is 4.79 Å². The largest absolute Gasteiger partial charge is 0.496 e. The average Bonchev–Trinajstić information content (AvgIpc) is 3.24. The maximum absolute atomic E-state index is 12.9. The van der Waals surface area contributed by atoms with Gasteiger partial charge >= 0.3 is 0 Å². The molecule has 1 saturated heterocycles. The SMILES string of the molecule is COc1ccnc2[nH]cc(C(=O)C(=O)N3CCC(=C(C#N)c4ccccc4)CC3)c12. The van der Waals surface area contributed by atoms with Crippen LogP contribution in [0.5, 0.6) is 5.75 Å². The second-order valence-corrected chi connectivity index (χ2v) is 7.02. The molecule has 1 aromatic carbocycles. The Bertz CT molecular complexity index is 1180. The van der Waals surface area contributed by atoms with E-state index in [0.717, 1.165) is 11.1 Å². The molecule has 30 heavy (non-hydrogen) atoms. The van der Waals surface area contributed by atoms with Crippen molar-refractivity contribution in [1.29, 1.82) is 5.26 Å². The molecule has 1 fully saturated rings. The number of amides is 1. The van der Waals surface area contributed by atoms with Crippen molar-refractivity contribution >= 4 is 28.3 Å². The van der Waals surface area contributed by atoms with Crippen LogP contribution in [0.4, 0.5) is 0 Å². The van der Waals surface area contributed by atoms with Gasteiger partial charge in [0.15, 0.2) is 0 Å². The molecule has 4 rings (SSSR count). The molecule has 0 saturated carbocycles. The summed E-state index contributed by atoms with van der Waals surface area (Å²) >= 11 is 0. The first-order valence-electron chi connectivity index (χ1n) is 9.65. The molecule has 0 radical (unpaired) electrons. The first-order chi connectivity index (χ1) is 14.6. The molecular weight excluding hydrogens is 380 g/mol. The quantitative estimate of drug-likeness (QED) is 0.411. The van der Waals surface area contributed by atoms with Crippen LogP contribution in [0.1, 0.15) is 28.8 Å². The van der Waals surface area contributed by atoms with E-state index in [0.29, 0.717) is 48.3 Å². The van der Waals surface area contributed by atoms with Gasteiger partial charge < -0.3 is 14.6 Å². The highest BCUT2D eigenvalue weighted by atomic mass is 16.5. The lowest BCUT2D eigenvalue weighted by Gasteiger charge is -2.28. The van der Waals surface area contributed by atoms with E-state index in [2.05, 4.69) is 16.0 Å². The summed E-state index contributed by atoms with van der Waals surface area (Å²) in [5, 5.41) is 10.1. The van der Waals surface area contributed by atoms with Gasteiger partial charge in [0.1, 0.15) is 11.4 Å². The summed E-state index contributed by atoms with van der Waals surface area (Å²) < 4.78 is 5.32. The van der Waals surface area contributed by atoms with E-state index in [1.165, 1.54) is 13.3 Å². The van der Waals surface area contributed by atoms with E-state index < -0.39 is 11.7 Å². The molecule has 1 amide bonds. The van der Waals surface area contributed by atoms with Crippen LogP contribution in [0.2, 0.25) is 0 Å². The van der Waals surface area contributed by atoms with Gasteiger partial charge in [-0.2, -0.15) is 5.26 Å². The number of hydrogen-bond donors (Lipinski definition) is 1. The highest BCUT2D eigenvalue weighted by molar-refractivity contribution is 6.45. The number of aromatic nitrogens is 2. The average molecular weight is 400 g/mol. The van der Waals surface area contributed by atoms with E-state index in [1.54, 1.807) is 17.2 Å². The third kappa shape index (κ3) is 3.44. The zero-order valence-electron chi connectivity index (χ0n) is 16.5. The summed E-state index contributed by atoms with van der Waals surface area (Å²) in [5.74, 6) is -0.662. The molecule has 0 spiro atoms. The maximum atomic E-state index is 12.9. The molecule has 7 heteroatoms. The molecule has 0 bridgehead atoms. The fourth-order valence-electron chi connectivity index (χ4n) is 3.82. The standard InChI is InChI=1S/C23H20N4O3/c1-30-19-7-10-25-22-20(19)18(14-26-22)21(28)23(29)27-11-8-16(9-12-27)17(13-24)15-5-3-2-4-6-15/h2-7,10,14H,8-9,11-12H2,1H3,(H,25,26). The molecule has 1 N–H and O–H groups in total. The van der Waals surface area contributed by atoms with Crippen molar-refractivity contribution in [2.45, 2.75) is 12.8 Å². The number of carbonyl (C=O) groups is 2. The first-order valence-corrected chi connectivity index (χ1v) is 9.65. The van der Waals surface area contributed by atoms with Crippen molar-refractivity contribution in [1.82, 2.24) is 14.9 Å². The Hall–Kier alpha value is -3.92. The Balaban J connectivity index is 1.53. The van der Waals surface area contributed by atoms with Crippen LogP contribution >= 0.6 is 0 Å². The van der Waals surface area contributed by atoms with Gasteiger partial charge in [-0.15, -0.1) is 0 Å². The number of aromatic amines is 1. The minimum Gasteiger partial charge on any atom is -0.496 e. The third-order valence-corrected chi connectivity index (χ3v) is 5.38. The maximum Gasteiger partial charge on any atom is 0.295 e. The lowest BCUT2D eigenvalue weighted by atomic mass is 9.93. The van der Waals surface area contributed by atoms with Gasteiger partial charge in [0.25, 0.3) is 11.7 Å². The van der Waals surface area contributed by atoms with E-state index in [4.69, 9.17) is 4.74 Å². The predicted octanol–water partition coefficient (Wildman–Crippen LogP) is 3.35. The number of ketones is 1. The number of nitrogens with one attached hydrogen (secondary N) is 1. The van der Waals surface area contributed by atoms with E-state index >= 15 is 0 Å². The van der Waals surface area contributed by atoms with E-state index in [1.807, 2.05) is 30.3 Å². The van der Waals surface area contributed by atoms with Crippen molar-refractivity contribution in [3.63, 3.8) is 0 Å². The Morgan fingerprint density at radius 1 is 1.17 bits per heavy atom. The normalized spacial score (nSPS) is 13.7. The molecule has 0 aliphatic carbocycles. The van der Waals surface area contributed by atoms with Crippen LogP contribution in [0, 0.1) is 11.3 Å². The highest BCUT2D eigenvalue weighted by Gasteiger charge is 2.29. The number of Topliss-reactive ketones (excluding diaryl/α,β-unsaturated/α-hetero) is 1. The van der Waals surface area contributed by atoms with Crippen molar-refractivity contribution in [2.24, 2.45) is 0 Å². The summed E-state index contributed by atoms with van der Waals surface area (Å²) in [4.78, 5) is 34.5. The second kappa shape index (κ2) is 8.21. The molecule has 1 aliphatic heterocycles. The number of nitriles is 1. The lowest BCUT2D eigenvalue weighted by Crippen LogP contribution is -2.40. The Morgan fingerprint density at radius 2 is 1.90 bits per heavy atom. The molecule has 7 nitrogen and oxygen atoms in total. The Morgan fingerprint density at radius 3 is 2.57 bits per heavy atom. The number of nitrogens with zero attached hydrogens (tertiary/aromatic N) is 3. The third-order valence-electron chi connectivity index (χ3n) is 5.38. The summed E-state index contributed by atoms with van der Waals surface area (Å²) in [6, 6.07) is 13.5. The number of H-pyrrole nitrogens is 1. The van der Waals surface area contributed by atoms with Crippen LogP contribution in [0.15, 0.2) is 54.4 Å². The zero-order valence-corrected chi connectivity index (χ0v) is 16.5. The van der Waals surface area contributed by atoms with E-state index in [-0.39, 0.29) is 5.56 Å². The molecule has 1 aliphatic rings. The number of hydrogen-bond acceptors (Lipinski definition) is 5. The number of allylic oxidation sites excluding steroid dienone is 1. The summed E-state index contributed by atoms with van der Waals surface area (Å²) in [6.45, 7) is 0.797. The molecule has 3 aromatic rings. The highest BCUT2D eigenvalue weighted by Crippen LogP contribution is 2.29. The van der Waals surface area contributed by atoms with Crippen LogP contribution < -0.4 is 4.74 Å². The molecule has 3 heterocycles. The number of rotatable bonds is 4. The van der Waals surface area contributed by atoms with Crippen molar-refractivity contribution in [3.8, 4) is 11.8 Å². The minimum atomic E-state index is -0.594. The zero-order chi connectivity index (χ0) is 21.1. The minimum absolute atomic E-state index is 0.253. The van der Waals surface area contributed by atoms with Crippen LogP contribution in [-0.4, -0.2) is 46.8 Å². The Kier molecular flexibility index (Phi) is 5.31. The van der Waals surface area contributed by atoms with Gasteiger partial charge in [0.05, 0.1) is 29.7 Å². The van der Waals surface area contributed by atoms with Crippen LogP contribution in [0.3, 0.4) is 0 Å². The number of pyridine rings is 1. The number of benzene rings is 1. The molecular formula is C23H20N4O3. The summed E-state index contributed by atoms with van der Waals surface area (Å²) in [5.41, 5.74) is 3.29. The molecule has 0 atom stereocenters. The van der Waals surface area contributed by atoms with Gasteiger partial charge in [0, 0.05) is 25.5 Å². The number of piperidine rings is 1. The molecule has 0 unspecified atom stereocenters. The smallest absolute Gasteiger partial charge is 0.295 e. The fraction of sp³-hybridized carbons (Fsp3) is 0.217. The lowest BCUT2D eigenvalue weighted by molar-refractivity contribution is -0.126. The molecule has 150 valence electrons. The Labute approximate surface area is 173 Å². The fourth-order valence-corrected chi connectivity index (χ4v) is 3.82. The monoisotopic (exact) mass is 400 g/mol. The van der Waals surface area contributed by atoms with Gasteiger partial charge in [-0.25, -0.2) is 4.98 Å². The van der Waals surface area contributed by atoms with Crippen LogP contribution in [0.25, 0.3) is 16.6 Å². The number of carbonyl (C=O) groups excluding carboxylic acids is 2. The van der Waals surface area contributed by atoms with Gasteiger partial charge in [-0.05, 0) is 30.0 Å². The van der Waals surface area contributed by atoms with Gasteiger partial charge in [-0.1, -0.05) is 30.3 Å². The van der Waals surface area contributed by atoms with E-state index in [9.17, 15) is 14.9 Å². The number of methoxy groups -OCH3 is 1. The topological polar surface area (TPSA) is 99.1 Å². The number of likely N-dealkylation sites (tertiary alicyclic amines) is 1. The predicted molar refractivity (Wildman–Crippen MR) is 112 cm³/mol. The van der Waals surface area contributed by atoms with Crippen molar-refractivity contribution in [3.05, 3.63) is 65.5 Å².